The van der Waals surface area contributed by atoms with Crippen LogP contribution in [0.3, 0.4) is 0 Å². The molecule has 0 saturated heterocycles. The molecule has 0 aliphatic heterocycles. The fourth-order valence-electron chi connectivity index (χ4n) is 1.76. The van der Waals surface area contributed by atoms with Crippen molar-refractivity contribution in [3.05, 3.63) is 49.4 Å². The van der Waals surface area contributed by atoms with Crippen LogP contribution in [0, 0.1) is 0 Å². The lowest BCUT2D eigenvalue weighted by molar-refractivity contribution is 0.602. The molecule has 2 rings (SSSR count). The first-order valence-corrected chi connectivity index (χ1v) is 9.23. The molecule has 21 heavy (non-hydrogen) atoms. The van der Waals surface area contributed by atoms with Gasteiger partial charge in [0.05, 0.1) is 25.0 Å². The normalized spacial score (nSPS) is 11.7. The lowest BCUT2D eigenvalue weighted by Crippen LogP contribution is -1.99. The Bertz CT molecular complexity index is 831. The van der Waals surface area contributed by atoms with Gasteiger partial charge in [-0.2, -0.15) is 0 Å². The molecule has 2 aromatic rings. The first-order chi connectivity index (χ1) is 9.61. The van der Waals surface area contributed by atoms with Gasteiger partial charge in [0.1, 0.15) is 0 Å². The molecular formula is C13H7Cl5O2S. The molecule has 0 aliphatic rings. The molecule has 0 aliphatic carbocycles. The molecule has 0 fully saturated rings. The Hall–Kier alpha value is -0.160. The van der Waals surface area contributed by atoms with Crippen molar-refractivity contribution in [3.8, 4) is 11.1 Å². The number of sulfone groups is 1. The van der Waals surface area contributed by atoms with Crippen molar-refractivity contribution in [3.63, 3.8) is 0 Å². The maximum absolute atomic E-state index is 11.8. The van der Waals surface area contributed by atoms with Crippen molar-refractivity contribution in [2.45, 2.75) is 4.90 Å². The summed E-state index contributed by atoms with van der Waals surface area (Å²) in [6.07, 6.45) is 1.05. The molecule has 0 spiro atoms. The van der Waals surface area contributed by atoms with Crippen molar-refractivity contribution >= 4 is 67.8 Å². The summed E-state index contributed by atoms with van der Waals surface area (Å²) >= 11 is 30.1. The van der Waals surface area contributed by atoms with E-state index in [9.17, 15) is 8.42 Å². The highest BCUT2D eigenvalue weighted by Gasteiger charge is 2.20. The molecule has 0 amide bonds. The largest absolute Gasteiger partial charge is 0.224 e. The van der Waals surface area contributed by atoms with E-state index >= 15 is 0 Å². The Labute approximate surface area is 147 Å². The van der Waals surface area contributed by atoms with Crippen LogP contribution in [0.1, 0.15) is 0 Å². The van der Waals surface area contributed by atoms with Crippen LogP contribution in [-0.4, -0.2) is 14.7 Å². The van der Waals surface area contributed by atoms with Gasteiger partial charge in [-0.05, 0) is 24.3 Å². The standard InChI is InChI=1S/C13H7Cl5O2S/c1-21(19,20)12-3-6(14)2-8(13(12)18)7-4-10(16)11(17)5-9(7)15/h2-5H,1H3/i1+2. The minimum atomic E-state index is -3.54. The zero-order valence-electron chi connectivity index (χ0n) is 10.4. The third-order valence-electron chi connectivity index (χ3n) is 2.70. The molecule has 0 unspecified atom stereocenters. The highest BCUT2D eigenvalue weighted by molar-refractivity contribution is 7.90. The van der Waals surface area contributed by atoms with Crippen LogP contribution < -0.4 is 0 Å². The van der Waals surface area contributed by atoms with E-state index < -0.39 is 9.84 Å². The SMILES string of the molecule is [14CH3]S(=O)(=O)c1cc(Cl)cc(-c2cc(Cl)c(Cl)cc2Cl)c1Cl. The predicted octanol–water partition coefficient (Wildman–Crippen LogP) is 6.02. The second-order valence-electron chi connectivity index (χ2n) is 4.28. The van der Waals surface area contributed by atoms with Gasteiger partial charge >= 0.3 is 0 Å². The van der Waals surface area contributed by atoms with E-state index in [1.165, 1.54) is 24.3 Å². The van der Waals surface area contributed by atoms with Crippen molar-refractivity contribution in [2.75, 3.05) is 6.26 Å². The molecule has 0 saturated carbocycles. The van der Waals surface area contributed by atoms with Crippen molar-refractivity contribution in [1.82, 2.24) is 0 Å². The molecule has 8 heteroatoms. The van der Waals surface area contributed by atoms with Crippen LogP contribution in [0.2, 0.25) is 25.1 Å². The van der Waals surface area contributed by atoms with E-state index in [1.807, 2.05) is 0 Å². The summed E-state index contributed by atoms with van der Waals surface area (Å²) in [5.41, 5.74) is 0.816. The highest BCUT2D eigenvalue weighted by atomic mass is 35.5. The molecule has 0 heterocycles. The minimum Gasteiger partial charge on any atom is -0.224 e. The van der Waals surface area contributed by atoms with Crippen LogP contribution in [0.4, 0.5) is 0 Å². The first kappa shape index (κ1) is 17.2. The van der Waals surface area contributed by atoms with Crippen LogP contribution in [-0.2, 0) is 9.84 Å². The Balaban J connectivity index is 2.83. The first-order valence-electron chi connectivity index (χ1n) is 5.45. The van der Waals surface area contributed by atoms with Gasteiger partial charge in [-0.1, -0.05) is 58.0 Å². The Morgan fingerprint density at radius 1 is 0.762 bits per heavy atom. The molecule has 0 aromatic heterocycles. The van der Waals surface area contributed by atoms with Gasteiger partial charge in [0, 0.05) is 22.4 Å². The summed E-state index contributed by atoms with van der Waals surface area (Å²) in [4.78, 5) is -0.0752. The monoisotopic (exact) mass is 404 g/mol. The molecule has 2 nitrogen and oxygen atoms in total. The van der Waals surface area contributed by atoms with Gasteiger partial charge in [0.15, 0.2) is 9.84 Å². The summed E-state index contributed by atoms with van der Waals surface area (Å²) in [5.74, 6) is 0. The number of hydrogen-bond donors (Lipinski definition) is 0. The summed E-state index contributed by atoms with van der Waals surface area (Å²) in [7, 11) is -3.54. The third-order valence-corrected chi connectivity index (χ3v) is 5.60. The zero-order valence-corrected chi connectivity index (χ0v) is 15.0. The Kier molecular flexibility index (Phi) is 5.04. The number of rotatable bonds is 2. The van der Waals surface area contributed by atoms with Gasteiger partial charge in [-0.15, -0.1) is 0 Å². The molecule has 2 aromatic carbocycles. The average Bonchev–Trinajstić information content (AvgIpc) is 2.35. The molecule has 112 valence electrons. The molecule has 0 N–H and O–H groups in total. The van der Waals surface area contributed by atoms with Gasteiger partial charge < -0.3 is 0 Å². The molecule has 0 atom stereocenters. The van der Waals surface area contributed by atoms with Crippen molar-refractivity contribution < 1.29 is 8.42 Å². The zero-order chi connectivity index (χ0) is 15.9. The number of halogens is 5. The van der Waals surface area contributed by atoms with Crippen LogP contribution in [0.5, 0.6) is 0 Å². The lowest BCUT2D eigenvalue weighted by Gasteiger charge is -2.12. The fourth-order valence-corrected chi connectivity index (χ4v) is 4.10. The maximum atomic E-state index is 11.8. The topological polar surface area (TPSA) is 34.1 Å². The van der Waals surface area contributed by atoms with E-state index in [0.29, 0.717) is 11.1 Å². The summed E-state index contributed by atoms with van der Waals surface area (Å²) < 4.78 is 23.5. The van der Waals surface area contributed by atoms with E-state index in [1.54, 1.807) is 0 Å². The summed E-state index contributed by atoms with van der Waals surface area (Å²) in [5, 5.41) is 1.09. The Morgan fingerprint density at radius 3 is 1.90 bits per heavy atom. The minimum absolute atomic E-state index is 0.0298. The maximum Gasteiger partial charge on any atom is 0.177 e. The van der Waals surface area contributed by atoms with Gasteiger partial charge in [0.25, 0.3) is 0 Å². The smallest absolute Gasteiger partial charge is 0.177 e. The van der Waals surface area contributed by atoms with E-state index in [2.05, 4.69) is 0 Å². The van der Waals surface area contributed by atoms with E-state index in [-0.39, 0.29) is 30.0 Å². The van der Waals surface area contributed by atoms with Crippen molar-refractivity contribution in [2.24, 2.45) is 0 Å². The molecular weight excluding hydrogens is 399 g/mol. The van der Waals surface area contributed by atoms with E-state index in [4.69, 9.17) is 58.0 Å². The van der Waals surface area contributed by atoms with Crippen molar-refractivity contribution in [1.29, 1.82) is 0 Å². The predicted molar refractivity (Wildman–Crippen MR) is 90.0 cm³/mol. The quantitative estimate of drug-likeness (QED) is 0.571. The van der Waals surface area contributed by atoms with Gasteiger partial charge in [0.2, 0.25) is 0 Å². The number of hydrogen-bond acceptors (Lipinski definition) is 2. The van der Waals surface area contributed by atoms with Gasteiger partial charge in [-0.3, -0.25) is 0 Å². The highest BCUT2D eigenvalue weighted by Crippen LogP contribution is 2.41. The second kappa shape index (κ2) is 6.15. The second-order valence-corrected chi connectivity index (χ2v) is 8.30. The number of benzene rings is 2. The lowest BCUT2D eigenvalue weighted by atomic mass is 10.1. The van der Waals surface area contributed by atoms with Crippen LogP contribution in [0.25, 0.3) is 11.1 Å². The average molecular weight is 407 g/mol. The Morgan fingerprint density at radius 2 is 1.33 bits per heavy atom. The van der Waals surface area contributed by atoms with Crippen LogP contribution in [0.15, 0.2) is 29.2 Å². The molecule has 0 bridgehead atoms. The van der Waals surface area contributed by atoms with E-state index in [0.717, 1.165) is 6.26 Å². The summed E-state index contributed by atoms with van der Waals surface area (Å²) in [6, 6.07) is 5.77. The third kappa shape index (κ3) is 3.61. The van der Waals surface area contributed by atoms with Gasteiger partial charge in [-0.25, -0.2) is 8.42 Å². The fraction of sp³-hybridized carbons (Fsp3) is 0.0769. The van der Waals surface area contributed by atoms with Crippen LogP contribution >= 0.6 is 58.0 Å². The summed E-state index contributed by atoms with van der Waals surface area (Å²) in [6.45, 7) is 0. The molecule has 0 radical (unpaired) electrons.